The monoisotopic (exact) mass is 451 g/mol. The van der Waals surface area contributed by atoms with Crippen LogP contribution in [0.15, 0.2) is 54.7 Å². The number of nitrogens with zero attached hydrogens (tertiary/aromatic N) is 3. The second-order valence-corrected chi connectivity index (χ2v) is 8.47. The summed E-state index contributed by atoms with van der Waals surface area (Å²) in [4.78, 5) is 23.6. The molecule has 0 atom stereocenters. The number of halogens is 2. The van der Waals surface area contributed by atoms with Crippen LogP contribution in [-0.4, -0.2) is 41.2 Å². The molecule has 4 rings (SSSR count). The molecule has 2 heterocycles. The standard InChI is InChI=1S/C25H27F2N5O/c1-16(2)29-25(33)30-21-11-13-32(14-12-21)22-15-28-23(17-3-7-19(26)8-4-17)24(31-22)18-5-9-20(27)10-6-18/h3-10,15-16,21H,11-14H2,1-2H3,(H2,29,30,33). The van der Waals surface area contributed by atoms with Gasteiger partial charge in [-0.05, 0) is 75.2 Å². The van der Waals surface area contributed by atoms with Gasteiger partial charge in [-0.15, -0.1) is 0 Å². The van der Waals surface area contributed by atoms with Crippen molar-refractivity contribution in [1.82, 2.24) is 20.6 Å². The third kappa shape index (κ3) is 5.63. The van der Waals surface area contributed by atoms with E-state index in [0.717, 1.165) is 37.1 Å². The predicted molar refractivity (Wildman–Crippen MR) is 125 cm³/mol. The molecule has 6 nitrogen and oxygen atoms in total. The maximum atomic E-state index is 13.5. The summed E-state index contributed by atoms with van der Waals surface area (Å²) in [5.74, 6) is 0.0535. The molecule has 8 heteroatoms. The van der Waals surface area contributed by atoms with E-state index in [9.17, 15) is 13.6 Å². The summed E-state index contributed by atoms with van der Waals surface area (Å²) in [6.45, 7) is 5.30. The average Bonchev–Trinajstić information content (AvgIpc) is 2.80. The molecular formula is C25H27F2N5O. The number of hydrogen-bond acceptors (Lipinski definition) is 4. The number of aromatic nitrogens is 2. The summed E-state index contributed by atoms with van der Waals surface area (Å²) in [5.41, 5.74) is 2.67. The molecule has 2 N–H and O–H groups in total. The van der Waals surface area contributed by atoms with Crippen molar-refractivity contribution in [2.24, 2.45) is 0 Å². The van der Waals surface area contributed by atoms with Crippen LogP contribution >= 0.6 is 0 Å². The third-order valence-electron chi connectivity index (χ3n) is 5.57. The normalized spacial score (nSPS) is 14.4. The molecule has 1 fully saturated rings. The molecule has 1 aliphatic rings. The van der Waals surface area contributed by atoms with Gasteiger partial charge in [-0.25, -0.2) is 18.6 Å². The van der Waals surface area contributed by atoms with Gasteiger partial charge < -0.3 is 15.5 Å². The molecule has 2 amide bonds. The van der Waals surface area contributed by atoms with E-state index in [4.69, 9.17) is 4.98 Å². The first-order valence-corrected chi connectivity index (χ1v) is 11.1. The zero-order chi connectivity index (χ0) is 23.4. The topological polar surface area (TPSA) is 70.2 Å². The van der Waals surface area contributed by atoms with Crippen LogP contribution < -0.4 is 15.5 Å². The molecule has 33 heavy (non-hydrogen) atoms. The summed E-state index contributed by atoms with van der Waals surface area (Å²) < 4.78 is 27.0. The number of hydrogen-bond donors (Lipinski definition) is 2. The summed E-state index contributed by atoms with van der Waals surface area (Å²) >= 11 is 0. The molecule has 172 valence electrons. The molecule has 0 bridgehead atoms. The Labute approximate surface area is 192 Å². The molecule has 2 aromatic carbocycles. The van der Waals surface area contributed by atoms with Crippen LogP contribution in [0.4, 0.5) is 19.4 Å². The minimum Gasteiger partial charge on any atom is -0.355 e. The molecular weight excluding hydrogens is 424 g/mol. The van der Waals surface area contributed by atoms with Crippen LogP contribution in [-0.2, 0) is 0 Å². The van der Waals surface area contributed by atoms with Crippen molar-refractivity contribution >= 4 is 11.8 Å². The van der Waals surface area contributed by atoms with Gasteiger partial charge in [0.2, 0.25) is 0 Å². The number of carbonyl (C=O) groups excluding carboxylic acids is 1. The van der Waals surface area contributed by atoms with E-state index in [1.54, 1.807) is 30.5 Å². The molecule has 0 aliphatic carbocycles. The van der Waals surface area contributed by atoms with Crippen molar-refractivity contribution in [2.45, 2.75) is 38.8 Å². The number of nitrogens with one attached hydrogen (secondary N) is 2. The maximum absolute atomic E-state index is 13.5. The second-order valence-electron chi connectivity index (χ2n) is 8.47. The fourth-order valence-electron chi connectivity index (χ4n) is 3.90. The van der Waals surface area contributed by atoms with Crippen LogP contribution in [0.1, 0.15) is 26.7 Å². The van der Waals surface area contributed by atoms with Gasteiger partial charge in [0, 0.05) is 36.3 Å². The SMILES string of the molecule is CC(C)NC(=O)NC1CCN(c2cnc(-c3ccc(F)cc3)c(-c3ccc(F)cc3)n2)CC1. The van der Waals surface area contributed by atoms with Gasteiger partial charge in [0.05, 0.1) is 17.6 Å². The molecule has 0 spiro atoms. The molecule has 1 aromatic heterocycles. The lowest BCUT2D eigenvalue weighted by molar-refractivity contribution is 0.232. The number of benzene rings is 2. The lowest BCUT2D eigenvalue weighted by Gasteiger charge is -2.33. The Balaban J connectivity index is 1.56. The van der Waals surface area contributed by atoms with Gasteiger partial charge in [0.25, 0.3) is 0 Å². The first kappa shape index (κ1) is 22.6. The van der Waals surface area contributed by atoms with Crippen molar-refractivity contribution in [3.8, 4) is 22.5 Å². The third-order valence-corrected chi connectivity index (χ3v) is 5.57. The predicted octanol–water partition coefficient (Wildman–Crippen LogP) is 4.77. The van der Waals surface area contributed by atoms with Crippen molar-refractivity contribution in [1.29, 1.82) is 0 Å². The Hall–Kier alpha value is -3.55. The van der Waals surface area contributed by atoms with E-state index in [2.05, 4.69) is 20.5 Å². The van der Waals surface area contributed by atoms with Crippen molar-refractivity contribution in [3.05, 3.63) is 66.4 Å². The largest absolute Gasteiger partial charge is 0.355 e. The maximum Gasteiger partial charge on any atom is 0.315 e. The highest BCUT2D eigenvalue weighted by molar-refractivity contribution is 5.79. The summed E-state index contributed by atoms with van der Waals surface area (Å²) in [7, 11) is 0. The lowest BCUT2D eigenvalue weighted by Crippen LogP contribution is -2.49. The van der Waals surface area contributed by atoms with Crippen molar-refractivity contribution in [3.63, 3.8) is 0 Å². The molecule has 3 aromatic rings. The second kappa shape index (κ2) is 9.94. The van der Waals surface area contributed by atoms with E-state index in [-0.39, 0.29) is 29.7 Å². The van der Waals surface area contributed by atoms with E-state index >= 15 is 0 Å². The molecule has 0 radical (unpaired) electrons. The Morgan fingerprint density at radius 1 is 0.939 bits per heavy atom. The van der Waals surface area contributed by atoms with Gasteiger partial charge in [-0.1, -0.05) is 0 Å². The molecule has 1 saturated heterocycles. The highest BCUT2D eigenvalue weighted by atomic mass is 19.1. The van der Waals surface area contributed by atoms with Gasteiger partial charge in [-0.3, -0.25) is 4.98 Å². The van der Waals surface area contributed by atoms with Crippen LogP contribution in [0, 0.1) is 11.6 Å². The first-order chi connectivity index (χ1) is 15.9. The van der Waals surface area contributed by atoms with Gasteiger partial charge in [-0.2, -0.15) is 0 Å². The quantitative estimate of drug-likeness (QED) is 0.587. The highest BCUT2D eigenvalue weighted by Crippen LogP contribution is 2.31. The Morgan fingerprint density at radius 2 is 1.48 bits per heavy atom. The zero-order valence-electron chi connectivity index (χ0n) is 18.7. The van der Waals surface area contributed by atoms with Crippen LogP contribution in [0.25, 0.3) is 22.5 Å². The number of carbonyl (C=O) groups is 1. The number of rotatable bonds is 5. The minimum atomic E-state index is -0.331. The fourth-order valence-corrected chi connectivity index (χ4v) is 3.90. The number of piperidine rings is 1. The summed E-state index contributed by atoms with van der Waals surface area (Å²) in [6, 6.07) is 12.2. The Kier molecular flexibility index (Phi) is 6.82. The van der Waals surface area contributed by atoms with Gasteiger partial charge >= 0.3 is 6.03 Å². The van der Waals surface area contributed by atoms with E-state index in [0.29, 0.717) is 17.2 Å². The van der Waals surface area contributed by atoms with E-state index in [1.807, 2.05) is 13.8 Å². The molecule has 1 aliphatic heterocycles. The molecule has 0 unspecified atom stereocenters. The fraction of sp³-hybridized carbons (Fsp3) is 0.320. The lowest BCUT2D eigenvalue weighted by atomic mass is 10.0. The van der Waals surface area contributed by atoms with Crippen molar-refractivity contribution < 1.29 is 13.6 Å². The highest BCUT2D eigenvalue weighted by Gasteiger charge is 2.23. The first-order valence-electron chi connectivity index (χ1n) is 11.1. The molecule has 0 saturated carbocycles. The van der Waals surface area contributed by atoms with Gasteiger partial charge in [0.1, 0.15) is 17.5 Å². The number of urea groups is 1. The Morgan fingerprint density at radius 3 is 2.03 bits per heavy atom. The summed E-state index contributed by atoms with van der Waals surface area (Å²) in [5, 5.41) is 5.87. The number of amides is 2. The Bertz CT molecular complexity index is 1090. The van der Waals surface area contributed by atoms with Gasteiger partial charge in [0.15, 0.2) is 0 Å². The number of anilines is 1. The zero-order valence-corrected chi connectivity index (χ0v) is 18.7. The van der Waals surface area contributed by atoms with Crippen molar-refractivity contribution in [2.75, 3.05) is 18.0 Å². The van der Waals surface area contributed by atoms with Crippen LogP contribution in [0.3, 0.4) is 0 Å². The summed E-state index contributed by atoms with van der Waals surface area (Å²) in [6.07, 6.45) is 3.29. The minimum absolute atomic E-state index is 0.0878. The van der Waals surface area contributed by atoms with Crippen LogP contribution in [0.2, 0.25) is 0 Å². The average molecular weight is 452 g/mol. The van der Waals surface area contributed by atoms with E-state index < -0.39 is 0 Å². The van der Waals surface area contributed by atoms with Crippen LogP contribution in [0.5, 0.6) is 0 Å². The smallest absolute Gasteiger partial charge is 0.315 e. The van der Waals surface area contributed by atoms with E-state index in [1.165, 1.54) is 24.3 Å².